The summed E-state index contributed by atoms with van der Waals surface area (Å²) in [6.07, 6.45) is 0. The van der Waals surface area contributed by atoms with Crippen LogP contribution in [-0.2, 0) is 0 Å². The van der Waals surface area contributed by atoms with Crippen LogP contribution in [0.3, 0.4) is 0 Å². The number of ketones is 2. The average Bonchev–Trinajstić information content (AvgIpc) is 3.16. The van der Waals surface area contributed by atoms with E-state index in [9.17, 15) is 9.59 Å². The number of nitrogens with zero attached hydrogens (tertiary/aromatic N) is 2. The van der Waals surface area contributed by atoms with Crippen molar-refractivity contribution in [2.24, 2.45) is 0 Å². The Morgan fingerprint density at radius 2 is 1.46 bits per heavy atom. The molecule has 0 spiro atoms. The summed E-state index contributed by atoms with van der Waals surface area (Å²) >= 11 is 0. The summed E-state index contributed by atoms with van der Waals surface area (Å²) in [5, 5.41) is 0. The number of anilines is 1. The highest BCUT2D eigenvalue weighted by Crippen LogP contribution is 2.33. The van der Waals surface area contributed by atoms with Crippen LogP contribution < -0.4 is 4.90 Å². The Morgan fingerprint density at radius 1 is 0.786 bits per heavy atom. The molecule has 0 amide bonds. The van der Waals surface area contributed by atoms with Gasteiger partial charge in [0, 0.05) is 42.0 Å². The van der Waals surface area contributed by atoms with Gasteiger partial charge in [0.25, 0.3) is 0 Å². The van der Waals surface area contributed by atoms with E-state index in [4.69, 9.17) is 0 Å². The zero-order valence-corrected chi connectivity index (χ0v) is 15.5. The lowest BCUT2D eigenvalue weighted by Crippen LogP contribution is -2.21. The minimum atomic E-state index is -0.156. The third-order valence-electron chi connectivity index (χ3n) is 5.20. The lowest BCUT2D eigenvalue weighted by molar-refractivity contribution is 0.0980. The van der Waals surface area contributed by atoms with Crippen LogP contribution in [0.2, 0.25) is 0 Å². The Morgan fingerprint density at radius 3 is 2.14 bits per heavy atom. The number of carbonyl (C=O) groups is 2. The number of aromatic nitrogens is 2. The fourth-order valence-corrected chi connectivity index (χ4v) is 3.71. The van der Waals surface area contributed by atoms with Crippen LogP contribution >= 0.6 is 0 Å². The van der Waals surface area contributed by atoms with Crippen LogP contribution in [0, 0.1) is 0 Å². The number of imidazole rings is 1. The van der Waals surface area contributed by atoms with E-state index in [2.05, 4.69) is 9.97 Å². The minimum Gasteiger partial charge on any atom is -0.378 e. The summed E-state index contributed by atoms with van der Waals surface area (Å²) in [5.41, 5.74) is 4.98. The summed E-state index contributed by atoms with van der Waals surface area (Å²) in [6, 6.07) is 18.5. The predicted octanol–water partition coefficient (Wildman–Crippen LogP) is 4.07. The maximum absolute atomic E-state index is 13.1. The SMILES string of the molecule is CN(C)c1ccc(-c2nc3c4c(ccc3[nH]2)C(=O)c2ccccc2C4=O)cc1. The number of nitrogens with one attached hydrogen (secondary N) is 1. The van der Waals surface area contributed by atoms with E-state index in [1.807, 2.05) is 49.3 Å². The molecule has 1 aliphatic rings. The predicted molar refractivity (Wildman–Crippen MR) is 109 cm³/mol. The van der Waals surface area contributed by atoms with Gasteiger partial charge in [0.2, 0.25) is 0 Å². The maximum Gasteiger partial charge on any atom is 0.196 e. The first-order valence-corrected chi connectivity index (χ1v) is 9.03. The van der Waals surface area contributed by atoms with Gasteiger partial charge in [-0.3, -0.25) is 9.59 Å². The van der Waals surface area contributed by atoms with E-state index in [1.54, 1.807) is 30.3 Å². The molecule has 0 aliphatic heterocycles. The number of rotatable bonds is 2. The molecule has 5 rings (SSSR count). The van der Waals surface area contributed by atoms with Crippen molar-refractivity contribution >= 4 is 28.3 Å². The summed E-state index contributed by atoms with van der Waals surface area (Å²) < 4.78 is 0. The van der Waals surface area contributed by atoms with Crippen molar-refractivity contribution in [2.45, 2.75) is 0 Å². The van der Waals surface area contributed by atoms with Crippen LogP contribution in [0.15, 0.2) is 60.7 Å². The van der Waals surface area contributed by atoms with Crippen LogP contribution in [0.4, 0.5) is 5.69 Å². The van der Waals surface area contributed by atoms with Gasteiger partial charge in [0.05, 0.1) is 11.1 Å². The van der Waals surface area contributed by atoms with Crippen molar-refractivity contribution in [3.63, 3.8) is 0 Å². The zero-order chi connectivity index (χ0) is 19.4. The number of carbonyl (C=O) groups excluding carboxylic acids is 2. The molecule has 3 aromatic carbocycles. The van der Waals surface area contributed by atoms with Crippen molar-refractivity contribution < 1.29 is 9.59 Å². The molecule has 1 aromatic heterocycles. The van der Waals surface area contributed by atoms with Gasteiger partial charge in [0.15, 0.2) is 11.6 Å². The van der Waals surface area contributed by atoms with Crippen LogP contribution in [0.25, 0.3) is 22.4 Å². The molecule has 0 atom stereocenters. The molecule has 28 heavy (non-hydrogen) atoms. The van der Waals surface area contributed by atoms with Crippen LogP contribution in [-0.4, -0.2) is 35.6 Å². The van der Waals surface area contributed by atoms with Gasteiger partial charge in [-0.1, -0.05) is 24.3 Å². The maximum atomic E-state index is 13.1. The van der Waals surface area contributed by atoms with Gasteiger partial charge in [0.1, 0.15) is 11.3 Å². The largest absolute Gasteiger partial charge is 0.378 e. The average molecular weight is 367 g/mol. The van der Waals surface area contributed by atoms with Gasteiger partial charge in [-0.15, -0.1) is 0 Å². The summed E-state index contributed by atoms with van der Waals surface area (Å²) in [4.78, 5) is 36.0. The second-order valence-corrected chi connectivity index (χ2v) is 7.11. The lowest BCUT2D eigenvalue weighted by Gasteiger charge is -2.17. The highest BCUT2D eigenvalue weighted by Gasteiger charge is 2.32. The van der Waals surface area contributed by atoms with Crippen LogP contribution in [0.5, 0.6) is 0 Å². The van der Waals surface area contributed by atoms with E-state index >= 15 is 0 Å². The molecule has 136 valence electrons. The minimum absolute atomic E-state index is 0.132. The standard InChI is InChI=1S/C23H17N3O2/c1-26(2)14-9-7-13(8-10-14)23-24-18-12-11-17-19(20(18)25-23)22(28)16-6-4-3-5-15(16)21(17)27/h3-12H,1-2H3,(H,24,25). The van der Waals surface area contributed by atoms with Gasteiger partial charge >= 0.3 is 0 Å². The Balaban J connectivity index is 1.68. The first kappa shape index (κ1) is 16.4. The summed E-state index contributed by atoms with van der Waals surface area (Å²) in [7, 11) is 3.98. The number of hydrogen-bond acceptors (Lipinski definition) is 4. The Kier molecular flexibility index (Phi) is 3.46. The molecule has 0 unspecified atom stereocenters. The van der Waals surface area contributed by atoms with Crippen molar-refractivity contribution in [3.05, 3.63) is 82.9 Å². The van der Waals surface area contributed by atoms with E-state index < -0.39 is 0 Å². The second kappa shape index (κ2) is 5.89. The number of aromatic amines is 1. The molecule has 0 radical (unpaired) electrons. The fourth-order valence-electron chi connectivity index (χ4n) is 3.71. The van der Waals surface area contributed by atoms with Crippen molar-refractivity contribution in [1.29, 1.82) is 0 Å². The molecule has 0 fully saturated rings. The third-order valence-corrected chi connectivity index (χ3v) is 5.20. The molecule has 1 heterocycles. The molecule has 0 bridgehead atoms. The third kappa shape index (κ3) is 2.29. The number of hydrogen-bond donors (Lipinski definition) is 1. The second-order valence-electron chi connectivity index (χ2n) is 7.11. The van der Waals surface area contributed by atoms with E-state index in [1.165, 1.54) is 0 Å². The Labute approximate surface area is 161 Å². The van der Waals surface area contributed by atoms with Crippen molar-refractivity contribution in [1.82, 2.24) is 9.97 Å². The molecule has 1 N–H and O–H groups in total. The fraction of sp³-hybridized carbons (Fsp3) is 0.0870. The molecular weight excluding hydrogens is 350 g/mol. The summed E-state index contributed by atoms with van der Waals surface area (Å²) in [5.74, 6) is 0.386. The molecule has 1 aliphatic carbocycles. The normalized spacial score (nSPS) is 12.8. The molecule has 0 saturated carbocycles. The first-order chi connectivity index (χ1) is 13.5. The highest BCUT2D eigenvalue weighted by atomic mass is 16.1. The highest BCUT2D eigenvalue weighted by molar-refractivity contribution is 6.31. The quantitative estimate of drug-likeness (QED) is 0.511. The van der Waals surface area contributed by atoms with Crippen molar-refractivity contribution in [3.8, 4) is 11.4 Å². The molecule has 0 saturated heterocycles. The molecule has 5 nitrogen and oxygen atoms in total. The van der Waals surface area contributed by atoms with Gasteiger partial charge < -0.3 is 9.88 Å². The number of benzene rings is 3. The smallest absolute Gasteiger partial charge is 0.196 e. The van der Waals surface area contributed by atoms with E-state index in [0.29, 0.717) is 33.6 Å². The molecule has 5 heteroatoms. The zero-order valence-electron chi connectivity index (χ0n) is 15.5. The molecule has 4 aromatic rings. The summed E-state index contributed by atoms with van der Waals surface area (Å²) in [6.45, 7) is 0. The van der Waals surface area contributed by atoms with Crippen molar-refractivity contribution in [2.75, 3.05) is 19.0 Å². The number of H-pyrrole nitrogens is 1. The van der Waals surface area contributed by atoms with E-state index in [-0.39, 0.29) is 11.6 Å². The topological polar surface area (TPSA) is 66.1 Å². The van der Waals surface area contributed by atoms with E-state index in [0.717, 1.165) is 16.8 Å². The molecular formula is C23H17N3O2. The number of fused-ring (bicyclic) bond motifs is 4. The van der Waals surface area contributed by atoms with Gasteiger partial charge in [-0.25, -0.2) is 4.98 Å². The lowest BCUT2D eigenvalue weighted by atomic mass is 9.83. The van der Waals surface area contributed by atoms with Gasteiger partial charge in [-0.2, -0.15) is 0 Å². The van der Waals surface area contributed by atoms with Crippen LogP contribution in [0.1, 0.15) is 31.8 Å². The monoisotopic (exact) mass is 367 g/mol. The Hall–Kier alpha value is -3.73. The first-order valence-electron chi connectivity index (χ1n) is 9.03. The Bertz CT molecular complexity index is 1270. The van der Waals surface area contributed by atoms with Gasteiger partial charge in [-0.05, 0) is 36.4 Å².